The normalized spacial score (nSPS) is 10.1. The summed E-state index contributed by atoms with van der Waals surface area (Å²) < 4.78 is 5.06. The van der Waals surface area contributed by atoms with E-state index in [0.717, 1.165) is 4.90 Å². The van der Waals surface area contributed by atoms with Gasteiger partial charge in [-0.15, -0.1) is 11.8 Å². The maximum Gasteiger partial charge on any atom is 0.234 e. The van der Waals surface area contributed by atoms with Crippen LogP contribution in [0.5, 0.6) is 5.75 Å². The Morgan fingerprint density at radius 3 is 2.65 bits per heavy atom. The van der Waals surface area contributed by atoms with Gasteiger partial charge in [0.15, 0.2) is 0 Å². The Hall–Kier alpha value is -1.65. The maximum atomic E-state index is 11.8. The van der Waals surface area contributed by atoms with E-state index >= 15 is 0 Å². The zero-order chi connectivity index (χ0) is 14.4. The third kappa shape index (κ3) is 4.18. The average molecular weight is 308 g/mol. The number of benzene rings is 2. The number of hydrogen-bond acceptors (Lipinski definition) is 3. The molecule has 0 aliphatic rings. The highest BCUT2D eigenvalue weighted by atomic mass is 35.5. The minimum absolute atomic E-state index is 0.0694. The molecule has 2 rings (SSSR count). The van der Waals surface area contributed by atoms with Crippen LogP contribution in [0, 0.1) is 0 Å². The first-order valence-electron chi connectivity index (χ1n) is 6.00. The molecule has 20 heavy (non-hydrogen) atoms. The second-order valence-corrected chi connectivity index (χ2v) is 5.46. The zero-order valence-electron chi connectivity index (χ0n) is 10.9. The lowest BCUT2D eigenvalue weighted by atomic mass is 10.3. The molecule has 0 bridgehead atoms. The lowest BCUT2D eigenvalue weighted by Crippen LogP contribution is -2.13. The van der Waals surface area contributed by atoms with Gasteiger partial charge < -0.3 is 10.1 Å². The van der Waals surface area contributed by atoms with Gasteiger partial charge in [-0.05, 0) is 30.3 Å². The second-order valence-electron chi connectivity index (χ2n) is 4.00. The molecule has 0 fully saturated rings. The van der Waals surface area contributed by atoms with Crippen LogP contribution in [0.2, 0.25) is 5.02 Å². The van der Waals surface area contributed by atoms with Gasteiger partial charge in [-0.1, -0.05) is 29.8 Å². The highest BCUT2D eigenvalue weighted by Crippen LogP contribution is 2.27. The predicted molar refractivity (Wildman–Crippen MR) is 83.8 cm³/mol. The number of halogens is 1. The predicted octanol–water partition coefficient (Wildman–Crippen LogP) is 4.08. The number of rotatable bonds is 5. The van der Waals surface area contributed by atoms with Crippen molar-refractivity contribution in [1.29, 1.82) is 0 Å². The van der Waals surface area contributed by atoms with Crippen molar-refractivity contribution in [2.24, 2.45) is 0 Å². The number of ether oxygens (including phenoxy) is 1. The lowest BCUT2D eigenvalue weighted by Gasteiger charge is -2.08. The number of amides is 1. The smallest absolute Gasteiger partial charge is 0.234 e. The van der Waals surface area contributed by atoms with Crippen molar-refractivity contribution in [2.45, 2.75) is 4.90 Å². The molecular formula is C15H14ClNO2S. The quantitative estimate of drug-likeness (QED) is 0.846. The third-order valence-electron chi connectivity index (χ3n) is 2.55. The van der Waals surface area contributed by atoms with Gasteiger partial charge in [0.25, 0.3) is 0 Å². The largest absolute Gasteiger partial charge is 0.495 e. The maximum absolute atomic E-state index is 11.8. The number of carbonyl (C=O) groups is 1. The molecule has 104 valence electrons. The monoisotopic (exact) mass is 307 g/mol. The molecular weight excluding hydrogens is 294 g/mol. The Kier molecular flexibility index (Phi) is 5.32. The van der Waals surface area contributed by atoms with Gasteiger partial charge in [0.1, 0.15) is 5.75 Å². The molecule has 0 heterocycles. The second kappa shape index (κ2) is 7.22. The van der Waals surface area contributed by atoms with E-state index in [0.29, 0.717) is 22.2 Å². The first-order chi connectivity index (χ1) is 9.69. The number of hydrogen-bond donors (Lipinski definition) is 1. The fraction of sp³-hybridized carbons (Fsp3) is 0.133. The van der Waals surface area contributed by atoms with Gasteiger partial charge in [-0.25, -0.2) is 0 Å². The Morgan fingerprint density at radius 1 is 1.25 bits per heavy atom. The van der Waals surface area contributed by atoms with Crippen LogP contribution in [0.25, 0.3) is 0 Å². The standard InChI is InChI=1S/C15H14ClNO2S/c1-19-14-8-7-11(9-13(14)16)17-15(18)10-20-12-5-3-2-4-6-12/h2-9H,10H2,1H3,(H,17,18). The van der Waals surface area contributed by atoms with Gasteiger partial charge in [0.2, 0.25) is 5.91 Å². The van der Waals surface area contributed by atoms with Crippen molar-refractivity contribution in [1.82, 2.24) is 0 Å². The van der Waals surface area contributed by atoms with E-state index in [-0.39, 0.29) is 5.91 Å². The highest BCUT2D eigenvalue weighted by Gasteiger charge is 2.06. The number of carbonyl (C=O) groups excluding carboxylic acids is 1. The number of nitrogens with one attached hydrogen (secondary N) is 1. The van der Waals surface area contributed by atoms with Gasteiger partial charge in [0, 0.05) is 10.6 Å². The minimum Gasteiger partial charge on any atom is -0.495 e. The highest BCUT2D eigenvalue weighted by molar-refractivity contribution is 8.00. The summed E-state index contributed by atoms with van der Waals surface area (Å²) in [5.74, 6) is 0.872. The molecule has 0 saturated carbocycles. The summed E-state index contributed by atoms with van der Waals surface area (Å²) in [5, 5.41) is 3.28. The van der Waals surface area contributed by atoms with Crippen LogP contribution in [0.1, 0.15) is 0 Å². The summed E-state index contributed by atoms with van der Waals surface area (Å²) in [6.07, 6.45) is 0. The Morgan fingerprint density at radius 2 is 2.00 bits per heavy atom. The molecule has 0 spiro atoms. The van der Waals surface area contributed by atoms with Crippen molar-refractivity contribution < 1.29 is 9.53 Å². The minimum atomic E-state index is -0.0694. The number of anilines is 1. The van der Waals surface area contributed by atoms with Crippen LogP contribution in [0.15, 0.2) is 53.4 Å². The molecule has 0 atom stereocenters. The summed E-state index contributed by atoms with van der Waals surface area (Å²) in [6, 6.07) is 14.9. The van der Waals surface area contributed by atoms with Crippen LogP contribution in [-0.4, -0.2) is 18.8 Å². The van der Waals surface area contributed by atoms with Crippen molar-refractivity contribution in [3.05, 3.63) is 53.6 Å². The molecule has 0 unspecified atom stereocenters. The summed E-state index contributed by atoms with van der Waals surface area (Å²) in [4.78, 5) is 12.9. The molecule has 5 heteroatoms. The molecule has 1 amide bonds. The van der Waals surface area contributed by atoms with E-state index in [4.69, 9.17) is 16.3 Å². The number of methoxy groups -OCH3 is 1. The van der Waals surface area contributed by atoms with Gasteiger partial charge in [0.05, 0.1) is 17.9 Å². The number of thioether (sulfide) groups is 1. The first-order valence-corrected chi connectivity index (χ1v) is 7.36. The third-order valence-corrected chi connectivity index (χ3v) is 3.86. The topological polar surface area (TPSA) is 38.3 Å². The van der Waals surface area contributed by atoms with Gasteiger partial charge in [-0.2, -0.15) is 0 Å². The fourth-order valence-electron chi connectivity index (χ4n) is 1.61. The lowest BCUT2D eigenvalue weighted by molar-refractivity contribution is -0.113. The summed E-state index contributed by atoms with van der Waals surface area (Å²) in [5.41, 5.74) is 0.662. The Balaban J connectivity index is 1.90. The summed E-state index contributed by atoms with van der Waals surface area (Å²) in [6.45, 7) is 0. The molecule has 0 aliphatic carbocycles. The van der Waals surface area contributed by atoms with Gasteiger partial charge in [-0.3, -0.25) is 4.79 Å². The van der Waals surface area contributed by atoms with E-state index in [2.05, 4.69) is 5.32 Å². The molecule has 0 aliphatic heterocycles. The average Bonchev–Trinajstić information content (AvgIpc) is 2.46. The van der Waals surface area contributed by atoms with Crippen molar-refractivity contribution >= 4 is 35.0 Å². The van der Waals surface area contributed by atoms with Crippen LogP contribution in [0.3, 0.4) is 0 Å². The fourth-order valence-corrected chi connectivity index (χ4v) is 2.58. The molecule has 1 N–H and O–H groups in total. The van der Waals surface area contributed by atoms with Crippen LogP contribution in [0.4, 0.5) is 5.69 Å². The molecule has 2 aromatic carbocycles. The molecule has 3 nitrogen and oxygen atoms in total. The van der Waals surface area contributed by atoms with E-state index in [1.165, 1.54) is 11.8 Å². The Labute approximate surface area is 127 Å². The van der Waals surface area contributed by atoms with E-state index in [1.807, 2.05) is 30.3 Å². The van der Waals surface area contributed by atoms with Crippen molar-refractivity contribution in [2.75, 3.05) is 18.2 Å². The SMILES string of the molecule is COc1ccc(NC(=O)CSc2ccccc2)cc1Cl. The molecule has 0 aromatic heterocycles. The van der Waals surface area contributed by atoms with E-state index in [9.17, 15) is 4.79 Å². The van der Waals surface area contributed by atoms with E-state index < -0.39 is 0 Å². The summed E-state index contributed by atoms with van der Waals surface area (Å²) in [7, 11) is 1.55. The molecule has 0 radical (unpaired) electrons. The van der Waals surface area contributed by atoms with E-state index in [1.54, 1.807) is 25.3 Å². The molecule has 0 saturated heterocycles. The summed E-state index contributed by atoms with van der Waals surface area (Å²) >= 11 is 7.49. The van der Waals surface area contributed by atoms with Crippen LogP contribution >= 0.6 is 23.4 Å². The first kappa shape index (κ1) is 14.8. The van der Waals surface area contributed by atoms with Gasteiger partial charge >= 0.3 is 0 Å². The van der Waals surface area contributed by atoms with Crippen molar-refractivity contribution in [3.63, 3.8) is 0 Å². The zero-order valence-corrected chi connectivity index (χ0v) is 12.5. The van der Waals surface area contributed by atoms with Crippen LogP contribution < -0.4 is 10.1 Å². The Bertz CT molecular complexity index is 590. The van der Waals surface area contributed by atoms with Crippen molar-refractivity contribution in [3.8, 4) is 5.75 Å². The van der Waals surface area contributed by atoms with Crippen LogP contribution in [-0.2, 0) is 4.79 Å². The molecule has 2 aromatic rings.